The van der Waals surface area contributed by atoms with Gasteiger partial charge in [0.15, 0.2) is 11.4 Å². The Morgan fingerprint density at radius 2 is 2.00 bits per heavy atom. The van der Waals surface area contributed by atoms with Crippen molar-refractivity contribution in [2.45, 2.75) is 51.4 Å². The summed E-state index contributed by atoms with van der Waals surface area (Å²) in [4.78, 5) is 14.1. The van der Waals surface area contributed by atoms with Gasteiger partial charge in [0, 0.05) is 24.7 Å². The van der Waals surface area contributed by atoms with Crippen LogP contribution in [0.2, 0.25) is 0 Å². The third-order valence-corrected chi connectivity index (χ3v) is 5.38. The highest BCUT2D eigenvalue weighted by Crippen LogP contribution is 2.39. The van der Waals surface area contributed by atoms with Gasteiger partial charge in [-0.3, -0.25) is 0 Å². The zero-order valence-corrected chi connectivity index (χ0v) is 18.9. The summed E-state index contributed by atoms with van der Waals surface area (Å²) >= 11 is 0. The standard InChI is InChI=1S/C23H25F3N4O4/c1-22(2,3)34-21(32)30-9-4-5-14(12-30)27-20-16-8-10-33-19(16)18(28-29-20)15-7-6-13(11-17(15)31)23(24,25)26/h6-8,10-11,14,31H,4-5,9,12H2,1-3H3,(H,27,29)/t14-/m1/s1. The van der Waals surface area contributed by atoms with Crippen LogP contribution in [-0.2, 0) is 10.9 Å². The number of hydrogen-bond donors (Lipinski definition) is 2. The van der Waals surface area contributed by atoms with Crippen molar-refractivity contribution in [3.05, 3.63) is 36.1 Å². The Bertz CT molecular complexity index is 1200. The molecular weight excluding hydrogens is 453 g/mol. The van der Waals surface area contributed by atoms with Crippen molar-refractivity contribution in [3.8, 4) is 17.0 Å². The number of amides is 1. The van der Waals surface area contributed by atoms with Gasteiger partial charge in [0.1, 0.15) is 17.0 Å². The Morgan fingerprint density at radius 3 is 2.68 bits per heavy atom. The lowest BCUT2D eigenvalue weighted by Gasteiger charge is -2.34. The van der Waals surface area contributed by atoms with Crippen LogP contribution in [0.5, 0.6) is 5.75 Å². The van der Waals surface area contributed by atoms with Gasteiger partial charge in [-0.2, -0.15) is 13.2 Å². The summed E-state index contributed by atoms with van der Waals surface area (Å²) in [5.74, 6) is -0.169. The van der Waals surface area contributed by atoms with Gasteiger partial charge in [-0.25, -0.2) is 4.79 Å². The van der Waals surface area contributed by atoms with E-state index >= 15 is 0 Å². The summed E-state index contributed by atoms with van der Waals surface area (Å²) in [6, 6.07) is 4.19. The number of nitrogens with one attached hydrogen (secondary N) is 1. The number of phenols is 1. The maximum absolute atomic E-state index is 12.9. The summed E-state index contributed by atoms with van der Waals surface area (Å²) in [5, 5.41) is 22.4. The molecule has 182 valence electrons. The molecule has 0 spiro atoms. The molecule has 3 aromatic rings. The number of aromatic hydroxyl groups is 1. The summed E-state index contributed by atoms with van der Waals surface area (Å²) in [7, 11) is 0. The smallest absolute Gasteiger partial charge is 0.416 e. The first kappa shape index (κ1) is 23.7. The second-order valence-corrected chi connectivity index (χ2v) is 9.20. The zero-order chi connectivity index (χ0) is 24.7. The quantitative estimate of drug-likeness (QED) is 0.518. The fourth-order valence-corrected chi connectivity index (χ4v) is 3.85. The Morgan fingerprint density at radius 1 is 1.24 bits per heavy atom. The Balaban J connectivity index is 1.57. The molecule has 2 N–H and O–H groups in total. The molecule has 34 heavy (non-hydrogen) atoms. The van der Waals surface area contributed by atoms with Crippen LogP contribution in [0.25, 0.3) is 22.2 Å². The lowest BCUT2D eigenvalue weighted by molar-refractivity contribution is -0.137. The molecule has 0 bridgehead atoms. The second-order valence-electron chi connectivity index (χ2n) is 9.20. The van der Waals surface area contributed by atoms with Crippen LogP contribution >= 0.6 is 0 Å². The van der Waals surface area contributed by atoms with Gasteiger partial charge in [-0.1, -0.05) is 0 Å². The van der Waals surface area contributed by atoms with Crippen LogP contribution in [0, 0.1) is 0 Å². The molecule has 2 aromatic heterocycles. The molecular formula is C23H25F3N4O4. The maximum Gasteiger partial charge on any atom is 0.416 e. The molecule has 1 fully saturated rings. The van der Waals surface area contributed by atoms with Crippen molar-refractivity contribution in [1.29, 1.82) is 0 Å². The predicted molar refractivity (Wildman–Crippen MR) is 118 cm³/mol. The Kier molecular flexibility index (Phi) is 6.05. The Labute approximate surface area is 193 Å². The van der Waals surface area contributed by atoms with Crippen molar-refractivity contribution >= 4 is 22.9 Å². The molecule has 1 aliphatic heterocycles. The fourth-order valence-electron chi connectivity index (χ4n) is 3.85. The molecule has 8 nitrogen and oxygen atoms in total. The molecule has 1 saturated heterocycles. The molecule has 3 heterocycles. The number of anilines is 1. The first-order valence-corrected chi connectivity index (χ1v) is 10.8. The average Bonchev–Trinajstić information content (AvgIpc) is 3.23. The number of nitrogens with zero attached hydrogens (tertiary/aromatic N) is 3. The van der Waals surface area contributed by atoms with Crippen LogP contribution in [0.1, 0.15) is 39.2 Å². The van der Waals surface area contributed by atoms with E-state index in [0.29, 0.717) is 30.4 Å². The van der Waals surface area contributed by atoms with Crippen molar-refractivity contribution in [1.82, 2.24) is 15.1 Å². The number of furan rings is 1. The minimum Gasteiger partial charge on any atom is -0.507 e. The molecule has 0 unspecified atom stereocenters. The van der Waals surface area contributed by atoms with Crippen LogP contribution in [-0.4, -0.2) is 51.0 Å². The van der Waals surface area contributed by atoms with Gasteiger partial charge in [-0.15, -0.1) is 10.2 Å². The number of aromatic nitrogens is 2. The lowest BCUT2D eigenvalue weighted by Crippen LogP contribution is -2.47. The molecule has 0 saturated carbocycles. The molecule has 0 radical (unpaired) electrons. The van der Waals surface area contributed by atoms with Gasteiger partial charge in [0.2, 0.25) is 0 Å². The number of hydrogen-bond acceptors (Lipinski definition) is 7. The normalized spacial score (nSPS) is 17.1. The summed E-state index contributed by atoms with van der Waals surface area (Å²) in [5.41, 5.74) is -1.10. The monoisotopic (exact) mass is 478 g/mol. The van der Waals surface area contributed by atoms with Crippen molar-refractivity contribution in [3.63, 3.8) is 0 Å². The number of carbonyl (C=O) groups is 1. The number of halogens is 3. The number of ether oxygens (including phenoxy) is 1. The van der Waals surface area contributed by atoms with Gasteiger partial charge in [-0.05, 0) is 57.9 Å². The molecule has 4 rings (SSSR count). The summed E-state index contributed by atoms with van der Waals surface area (Å²) in [6.07, 6.45) is -1.98. The van der Waals surface area contributed by atoms with E-state index in [0.717, 1.165) is 25.0 Å². The van der Waals surface area contributed by atoms with Crippen molar-refractivity contribution < 1.29 is 32.2 Å². The van der Waals surface area contributed by atoms with E-state index in [-0.39, 0.29) is 29.0 Å². The van der Waals surface area contributed by atoms with Gasteiger partial charge in [0.05, 0.1) is 17.2 Å². The lowest BCUT2D eigenvalue weighted by atomic mass is 10.0. The number of likely N-dealkylation sites (tertiary alicyclic amines) is 1. The Hall–Kier alpha value is -3.50. The number of fused-ring (bicyclic) bond motifs is 1. The van der Waals surface area contributed by atoms with Crippen LogP contribution < -0.4 is 5.32 Å². The molecule has 1 amide bonds. The van der Waals surface area contributed by atoms with E-state index < -0.39 is 23.1 Å². The average molecular weight is 478 g/mol. The number of carbonyl (C=O) groups excluding carboxylic acids is 1. The van der Waals surface area contributed by atoms with E-state index in [1.165, 1.54) is 6.26 Å². The number of alkyl halides is 3. The van der Waals surface area contributed by atoms with Gasteiger partial charge in [0.25, 0.3) is 0 Å². The van der Waals surface area contributed by atoms with Gasteiger partial charge >= 0.3 is 12.3 Å². The number of benzene rings is 1. The molecule has 1 atom stereocenters. The third kappa shape index (κ3) is 5.02. The van der Waals surface area contributed by atoms with E-state index in [1.54, 1.807) is 11.0 Å². The van der Waals surface area contributed by atoms with Crippen LogP contribution in [0.4, 0.5) is 23.8 Å². The van der Waals surface area contributed by atoms with E-state index in [9.17, 15) is 23.1 Å². The van der Waals surface area contributed by atoms with E-state index in [1.807, 2.05) is 20.8 Å². The van der Waals surface area contributed by atoms with Crippen LogP contribution in [0.15, 0.2) is 34.9 Å². The molecule has 0 aliphatic carbocycles. The first-order chi connectivity index (χ1) is 15.9. The highest BCUT2D eigenvalue weighted by atomic mass is 19.4. The minimum absolute atomic E-state index is 0.0702. The molecule has 11 heteroatoms. The zero-order valence-electron chi connectivity index (χ0n) is 18.9. The highest BCUT2D eigenvalue weighted by Gasteiger charge is 2.32. The number of piperidine rings is 1. The molecule has 1 aliphatic rings. The first-order valence-electron chi connectivity index (χ1n) is 10.8. The predicted octanol–water partition coefficient (Wildman–Crippen LogP) is 5.43. The summed E-state index contributed by atoms with van der Waals surface area (Å²) in [6.45, 7) is 6.44. The van der Waals surface area contributed by atoms with E-state index in [4.69, 9.17) is 9.15 Å². The molecule has 1 aromatic carbocycles. The largest absolute Gasteiger partial charge is 0.507 e. The van der Waals surface area contributed by atoms with E-state index in [2.05, 4.69) is 15.5 Å². The fraction of sp³-hybridized carbons (Fsp3) is 0.435. The minimum atomic E-state index is -4.58. The van der Waals surface area contributed by atoms with Gasteiger partial charge < -0.3 is 24.5 Å². The highest BCUT2D eigenvalue weighted by molar-refractivity contribution is 5.97. The van der Waals surface area contributed by atoms with Crippen molar-refractivity contribution in [2.24, 2.45) is 0 Å². The second kappa shape index (κ2) is 8.69. The number of rotatable bonds is 3. The van der Waals surface area contributed by atoms with Crippen molar-refractivity contribution in [2.75, 3.05) is 18.4 Å². The number of phenolic OH excluding ortho intramolecular Hbond substituents is 1. The topological polar surface area (TPSA) is 101 Å². The third-order valence-electron chi connectivity index (χ3n) is 5.38. The SMILES string of the molecule is CC(C)(C)OC(=O)N1CCC[C@@H](Nc2nnc(-c3ccc(C(F)(F)F)cc3O)c3occc23)C1. The van der Waals surface area contributed by atoms with Crippen LogP contribution in [0.3, 0.4) is 0 Å². The summed E-state index contributed by atoms with van der Waals surface area (Å²) < 4.78 is 49.8. The maximum atomic E-state index is 12.9.